The van der Waals surface area contributed by atoms with Crippen molar-refractivity contribution in [2.24, 2.45) is 17.8 Å². The third-order valence-electron chi connectivity index (χ3n) is 14.2. The maximum absolute atomic E-state index is 14.7. The van der Waals surface area contributed by atoms with Gasteiger partial charge in [0.25, 0.3) is 0 Å². The zero-order valence-corrected chi connectivity index (χ0v) is 47.8. The summed E-state index contributed by atoms with van der Waals surface area (Å²) in [5.74, 6) is -7.21. The molecule has 0 aromatic heterocycles. The molecule has 6 atom stereocenters. The van der Waals surface area contributed by atoms with E-state index in [1.54, 1.807) is 13.8 Å². The second kappa shape index (κ2) is 34.0. The monoisotopic (exact) mass is 1060 g/mol. The molecule has 0 aliphatic rings. The number of amides is 3. The standard InChI is InChI=1S/C64H91N3O10/c1-10-13-15-16-17-18-29-38-52(68)39-30-40-53(69)43-48(31-22-14-11-2)62(76)66-59(47(6)77-63(7,8)9)57(72)42-46(5)61(75)65-54(56(71)41-45(4)60(74)55(70)12-3)44-58(73)67-64(49-32-23-19-24-33-49,50-34-25-20-26-35-50)51-36-27-21-28-37-51/h19-21,23-28,32-37,45-48,54,59H,10-18,22,29-31,38-44H2,1-9H3,(H,65,75)(H,66,76)(H,67,73)/t45?,46-,47?,48-,54+,59+/m1/s1. The molecule has 0 aliphatic carbocycles. The lowest BCUT2D eigenvalue weighted by Gasteiger charge is -2.37. The Labute approximate surface area is 460 Å². The quantitative estimate of drug-likeness (QED) is 0.0281. The highest BCUT2D eigenvalue weighted by Crippen LogP contribution is 2.37. The van der Waals surface area contributed by atoms with Gasteiger partial charge in [-0.05, 0) is 63.6 Å². The number of hydrogen-bond acceptors (Lipinski definition) is 10. The lowest BCUT2D eigenvalue weighted by molar-refractivity contribution is -0.141. The molecule has 2 unspecified atom stereocenters. The van der Waals surface area contributed by atoms with E-state index in [9.17, 15) is 43.2 Å². The lowest BCUT2D eigenvalue weighted by Crippen LogP contribution is -2.53. The molecule has 0 saturated carbocycles. The number of hydrogen-bond donors (Lipinski definition) is 3. The number of benzene rings is 3. The Morgan fingerprint density at radius 2 is 0.987 bits per heavy atom. The van der Waals surface area contributed by atoms with E-state index in [0.29, 0.717) is 32.1 Å². The first kappa shape index (κ1) is 65.3. The summed E-state index contributed by atoms with van der Waals surface area (Å²) in [7, 11) is 0. The number of carbonyl (C=O) groups is 9. The molecular formula is C64H91N3O10. The number of Topliss-reactive ketones (excluding diaryl/α,β-unsaturated/α-hetero) is 6. The number of ether oxygens (including phenoxy) is 1. The molecule has 13 nitrogen and oxygen atoms in total. The van der Waals surface area contributed by atoms with Gasteiger partial charge < -0.3 is 20.7 Å². The van der Waals surface area contributed by atoms with Crippen LogP contribution in [-0.4, -0.2) is 76.2 Å². The zero-order chi connectivity index (χ0) is 57.0. The summed E-state index contributed by atoms with van der Waals surface area (Å²) in [6, 6.07) is 25.4. The molecule has 3 aromatic carbocycles. The minimum atomic E-state index is -1.48. The summed E-state index contributed by atoms with van der Waals surface area (Å²) in [5, 5.41) is 8.87. The van der Waals surface area contributed by atoms with Gasteiger partial charge in [0.1, 0.15) is 23.1 Å². The molecule has 13 heteroatoms. The number of unbranched alkanes of at least 4 members (excludes halogenated alkanes) is 8. The predicted molar refractivity (Wildman–Crippen MR) is 303 cm³/mol. The van der Waals surface area contributed by atoms with Gasteiger partial charge in [-0.25, -0.2) is 0 Å². The highest BCUT2D eigenvalue weighted by molar-refractivity contribution is 6.38. The fourth-order valence-corrected chi connectivity index (χ4v) is 9.88. The minimum absolute atomic E-state index is 0.0430. The highest BCUT2D eigenvalue weighted by atomic mass is 16.5. The smallest absolute Gasteiger partial charge is 0.224 e. The Bertz CT molecular complexity index is 2250. The molecule has 0 heterocycles. The van der Waals surface area contributed by atoms with Crippen LogP contribution in [0.3, 0.4) is 0 Å². The van der Waals surface area contributed by atoms with Crippen molar-refractivity contribution in [1.29, 1.82) is 0 Å². The van der Waals surface area contributed by atoms with Crippen LogP contribution in [0.5, 0.6) is 0 Å². The van der Waals surface area contributed by atoms with Gasteiger partial charge in [-0.1, -0.05) is 183 Å². The zero-order valence-electron chi connectivity index (χ0n) is 47.8. The summed E-state index contributed by atoms with van der Waals surface area (Å²) in [6.07, 6.45) is 9.74. The van der Waals surface area contributed by atoms with E-state index < -0.39 is 107 Å². The average molecular weight is 1060 g/mol. The molecule has 0 fully saturated rings. The van der Waals surface area contributed by atoms with Gasteiger partial charge in [0.2, 0.25) is 23.5 Å². The van der Waals surface area contributed by atoms with Crippen LogP contribution >= 0.6 is 0 Å². The number of nitrogens with one attached hydrogen (secondary N) is 3. The second-order valence-corrected chi connectivity index (χ2v) is 22.1. The van der Waals surface area contributed by atoms with Crippen molar-refractivity contribution in [2.45, 2.75) is 220 Å². The Morgan fingerprint density at radius 1 is 0.506 bits per heavy atom. The van der Waals surface area contributed by atoms with Crippen LogP contribution in [0, 0.1) is 17.8 Å². The molecule has 3 N–H and O–H groups in total. The minimum Gasteiger partial charge on any atom is -0.370 e. The first-order chi connectivity index (χ1) is 36.7. The van der Waals surface area contributed by atoms with Gasteiger partial charge >= 0.3 is 0 Å². The summed E-state index contributed by atoms with van der Waals surface area (Å²) < 4.78 is 6.24. The third-order valence-corrected chi connectivity index (χ3v) is 14.2. The fraction of sp³-hybridized carbons (Fsp3) is 0.578. The Morgan fingerprint density at radius 3 is 1.51 bits per heavy atom. The summed E-state index contributed by atoms with van der Waals surface area (Å²) in [6.45, 7) is 15.9. The van der Waals surface area contributed by atoms with Crippen molar-refractivity contribution in [1.82, 2.24) is 16.0 Å². The van der Waals surface area contributed by atoms with Gasteiger partial charge in [0.05, 0.1) is 24.2 Å². The molecule has 3 amide bonds. The van der Waals surface area contributed by atoms with E-state index in [-0.39, 0.29) is 30.8 Å². The molecule has 0 saturated heterocycles. The van der Waals surface area contributed by atoms with E-state index in [1.165, 1.54) is 39.5 Å². The lowest BCUT2D eigenvalue weighted by atomic mass is 9.76. The molecular weight excluding hydrogens is 971 g/mol. The molecule has 0 spiro atoms. The van der Waals surface area contributed by atoms with Crippen LogP contribution in [0.15, 0.2) is 91.0 Å². The summed E-state index contributed by atoms with van der Waals surface area (Å²) in [4.78, 5) is 123. The SMILES string of the molecule is CCCCCCCCCC(=O)CCCC(=O)C[C@@H](CCCCC)C(=O)N[C@H](C(=O)C[C@@H](C)C(=O)N[C@@H](CC(=O)NC(c1ccccc1)(c1ccccc1)c1ccccc1)C(=O)CC(C)C(=O)C(=O)CC)C(C)OC(C)(C)C. The Kier molecular flexibility index (Phi) is 28.9. The normalized spacial score (nSPS) is 14.0. The highest BCUT2D eigenvalue weighted by Gasteiger charge is 2.40. The van der Waals surface area contributed by atoms with E-state index in [0.717, 1.165) is 48.8 Å². The van der Waals surface area contributed by atoms with Crippen molar-refractivity contribution in [3.63, 3.8) is 0 Å². The van der Waals surface area contributed by atoms with E-state index in [2.05, 4.69) is 22.9 Å². The fourth-order valence-electron chi connectivity index (χ4n) is 9.88. The van der Waals surface area contributed by atoms with Crippen molar-refractivity contribution >= 4 is 52.4 Å². The summed E-state index contributed by atoms with van der Waals surface area (Å²) in [5.41, 5.74) is 0.190. The average Bonchev–Trinajstić information content (AvgIpc) is 3.41. The van der Waals surface area contributed by atoms with Crippen molar-refractivity contribution < 1.29 is 47.9 Å². The Balaban J connectivity index is 1.87. The van der Waals surface area contributed by atoms with Gasteiger partial charge in [0, 0.05) is 62.7 Å². The number of carbonyl (C=O) groups excluding carboxylic acids is 9. The van der Waals surface area contributed by atoms with Crippen LogP contribution in [0.25, 0.3) is 0 Å². The van der Waals surface area contributed by atoms with Crippen LogP contribution < -0.4 is 16.0 Å². The third kappa shape index (κ3) is 22.5. The van der Waals surface area contributed by atoms with Crippen LogP contribution in [-0.2, 0) is 53.4 Å². The van der Waals surface area contributed by atoms with Crippen LogP contribution in [0.4, 0.5) is 0 Å². The maximum atomic E-state index is 14.7. The van der Waals surface area contributed by atoms with Gasteiger partial charge in [0.15, 0.2) is 17.3 Å². The molecule has 0 aliphatic heterocycles. The number of ketones is 6. The predicted octanol–water partition coefficient (Wildman–Crippen LogP) is 11.4. The molecule has 0 bridgehead atoms. The molecule has 77 heavy (non-hydrogen) atoms. The second-order valence-electron chi connectivity index (χ2n) is 22.1. The van der Waals surface area contributed by atoms with Crippen molar-refractivity contribution in [3.8, 4) is 0 Å². The first-order valence-corrected chi connectivity index (χ1v) is 28.6. The van der Waals surface area contributed by atoms with Gasteiger partial charge in [-0.2, -0.15) is 0 Å². The van der Waals surface area contributed by atoms with Crippen LogP contribution in [0.1, 0.15) is 207 Å². The largest absolute Gasteiger partial charge is 0.370 e. The first-order valence-electron chi connectivity index (χ1n) is 28.6. The Hall–Kier alpha value is -5.95. The van der Waals surface area contributed by atoms with E-state index in [1.807, 2.05) is 119 Å². The van der Waals surface area contributed by atoms with Gasteiger partial charge in [-0.15, -0.1) is 0 Å². The van der Waals surface area contributed by atoms with Crippen LogP contribution in [0.2, 0.25) is 0 Å². The summed E-state index contributed by atoms with van der Waals surface area (Å²) >= 11 is 0. The molecule has 3 rings (SSSR count). The number of rotatable bonds is 39. The van der Waals surface area contributed by atoms with Gasteiger partial charge in [-0.3, -0.25) is 43.2 Å². The topological polar surface area (TPSA) is 199 Å². The van der Waals surface area contributed by atoms with E-state index >= 15 is 0 Å². The molecule has 422 valence electrons. The molecule has 3 aromatic rings. The maximum Gasteiger partial charge on any atom is 0.224 e. The van der Waals surface area contributed by atoms with Crippen molar-refractivity contribution in [2.75, 3.05) is 0 Å². The van der Waals surface area contributed by atoms with E-state index in [4.69, 9.17) is 4.74 Å². The van der Waals surface area contributed by atoms with Crippen molar-refractivity contribution in [3.05, 3.63) is 108 Å². The molecule has 0 radical (unpaired) electrons.